The Kier molecular flexibility index (Phi) is 4.67. The fourth-order valence-electron chi connectivity index (χ4n) is 4.07. The van der Waals surface area contributed by atoms with E-state index in [2.05, 4.69) is 12.1 Å². The van der Waals surface area contributed by atoms with Gasteiger partial charge in [0.25, 0.3) is 0 Å². The Hall–Kier alpha value is -4.02. The molecule has 6 aromatic rings. The van der Waals surface area contributed by atoms with Gasteiger partial charge in [0.05, 0.1) is 5.02 Å². The van der Waals surface area contributed by atoms with Crippen molar-refractivity contribution < 1.29 is 4.42 Å². The maximum atomic E-state index is 6.54. The molecule has 33 heavy (non-hydrogen) atoms. The van der Waals surface area contributed by atoms with Crippen molar-refractivity contribution in [2.75, 3.05) is 0 Å². The maximum absolute atomic E-state index is 6.54. The number of benzene rings is 4. The lowest BCUT2D eigenvalue weighted by molar-refractivity contribution is 0.668. The van der Waals surface area contributed by atoms with Crippen LogP contribution in [0.1, 0.15) is 5.56 Å². The molecule has 0 saturated carbocycles. The van der Waals surface area contributed by atoms with Crippen molar-refractivity contribution in [1.82, 2.24) is 15.0 Å². The molecule has 158 valence electrons. The van der Waals surface area contributed by atoms with Crippen LogP contribution in [0.4, 0.5) is 0 Å². The van der Waals surface area contributed by atoms with Crippen LogP contribution in [0.25, 0.3) is 56.1 Å². The van der Waals surface area contributed by atoms with E-state index < -0.39 is 0 Å². The summed E-state index contributed by atoms with van der Waals surface area (Å²) < 4.78 is 6.15. The van der Waals surface area contributed by atoms with E-state index in [1.807, 2.05) is 85.8 Å². The molecule has 0 unspecified atom stereocenters. The molecule has 6 rings (SSSR count). The van der Waals surface area contributed by atoms with E-state index in [1.54, 1.807) is 0 Å². The largest absolute Gasteiger partial charge is 0.454 e. The van der Waals surface area contributed by atoms with E-state index in [-0.39, 0.29) is 0 Å². The molecule has 4 aromatic carbocycles. The van der Waals surface area contributed by atoms with E-state index in [0.29, 0.717) is 28.1 Å². The van der Waals surface area contributed by atoms with Gasteiger partial charge in [-0.2, -0.15) is 0 Å². The zero-order chi connectivity index (χ0) is 22.4. The van der Waals surface area contributed by atoms with Crippen LogP contribution >= 0.6 is 11.6 Å². The predicted octanol–water partition coefficient (Wildman–Crippen LogP) is 7.73. The van der Waals surface area contributed by atoms with Gasteiger partial charge in [-0.15, -0.1) is 0 Å². The predicted molar refractivity (Wildman–Crippen MR) is 133 cm³/mol. The molecule has 4 nitrogen and oxygen atoms in total. The molecule has 0 N–H and O–H groups in total. The fourth-order valence-corrected chi connectivity index (χ4v) is 4.27. The summed E-state index contributed by atoms with van der Waals surface area (Å²) in [6.45, 7) is 2.04. The third-order valence-electron chi connectivity index (χ3n) is 5.67. The van der Waals surface area contributed by atoms with Crippen LogP contribution in [0.15, 0.2) is 95.4 Å². The SMILES string of the molecule is Cc1ccc2c(c1)oc1c(Cl)ccc(-c3nc(-c4ccccc4)nc(-c4ccccc4)n3)c12. The highest BCUT2D eigenvalue weighted by atomic mass is 35.5. The first-order valence-corrected chi connectivity index (χ1v) is 11.0. The molecule has 0 aliphatic rings. The number of nitrogens with zero attached hydrogens (tertiary/aromatic N) is 3. The van der Waals surface area contributed by atoms with Gasteiger partial charge in [0.2, 0.25) is 0 Å². The van der Waals surface area contributed by atoms with E-state index >= 15 is 0 Å². The van der Waals surface area contributed by atoms with Gasteiger partial charge in [0.1, 0.15) is 5.58 Å². The number of hydrogen-bond donors (Lipinski definition) is 0. The third-order valence-corrected chi connectivity index (χ3v) is 5.97. The molecule has 0 spiro atoms. The molecule has 2 aromatic heterocycles. The molecule has 5 heteroatoms. The Morgan fingerprint density at radius 2 is 1.27 bits per heavy atom. The molecule has 0 fully saturated rings. The minimum Gasteiger partial charge on any atom is -0.454 e. The second-order valence-electron chi connectivity index (χ2n) is 7.94. The van der Waals surface area contributed by atoms with Gasteiger partial charge in [-0.05, 0) is 30.7 Å². The van der Waals surface area contributed by atoms with Crippen molar-refractivity contribution in [1.29, 1.82) is 0 Å². The van der Waals surface area contributed by atoms with Crippen molar-refractivity contribution in [2.45, 2.75) is 6.92 Å². The van der Waals surface area contributed by atoms with Gasteiger partial charge in [-0.25, -0.2) is 15.0 Å². The Bertz CT molecular complexity index is 1570. The summed E-state index contributed by atoms with van der Waals surface area (Å²) in [5, 5.41) is 2.45. The lowest BCUT2D eigenvalue weighted by Crippen LogP contribution is -2.00. The summed E-state index contributed by atoms with van der Waals surface area (Å²) in [6.07, 6.45) is 0. The summed E-state index contributed by atoms with van der Waals surface area (Å²) in [6, 6.07) is 29.8. The van der Waals surface area contributed by atoms with E-state index in [9.17, 15) is 0 Å². The number of fused-ring (bicyclic) bond motifs is 3. The second-order valence-corrected chi connectivity index (χ2v) is 8.35. The van der Waals surface area contributed by atoms with Crippen LogP contribution < -0.4 is 0 Å². The lowest BCUT2D eigenvalue weighted by atomic mass is 10.0. The van der Waals surface area contributed by atoms with E-state index in [4.69, 9.17) is 31.0 Å². The van der Waals surface area contributed by atoms with Crippen LogP contribution in [-0.2, 0) is 0 Å². The van der Waals surface area contributed by atoms with Crippen molar-refractivity contribution in [3.63, 3.8) is 0 Å². The molecule has 0 amide bonds. The fraction of sp³-hybridized carbons (Fsp3) is 0.0357. The highest BCUT2D eigenvalue weighted by Crippen LogP contribution is 2.40. The van der Waals surface area contributed by atoms with Crippen molar-refractivity contribution in [2.24, 2.45) is 0 Å². The number of aromatic nitrogens is 3. The minimum absolute atomic E-state index is 0.559. The molecule has 0 aliphatic heterocycles. The minimum atomic E-state index is 0.559. The normalized spacial score (nSPS) is 11.3. The number of hydrogen-bond acceptors (Lipinski definition) is 4. The van der Waals surface area contributed by atoms with Crippen molar-refractivity contribution in [3.05, 3.63) is 102 Å². The summed E-state index contributed by atoms with van der Waals surface area (Å²) in [4.78, 5) is 14.5. The van der Waals surface area contributed by atoms with Gasteiger partial charge in [0.15, 0.2) is 23.1 Å². The highest BCUT2D eigenvalue weighted by Gasteiger charge is 2.19. The monoisotopic (exact) mass is 447 g/mol. The molecule has 0 saturated heterocycles. The van der Waals surface area contributed by atoms with Crippen LogP contribution in [0.3, 0.4) is 0 Å². The van der Waals surface area contributed by atoms with Crippen LogP contribution in [-0.4, -0.2) is 15.0 Å². The second kappa shape index (κ2) is 7.84. The number of aryl methyl sites for hydroxylation is 1. The van der Waals surface area contributed by atoms with Gasteiger partial charge in [0, 0.05) is 27.5 Å². The lowest BCUT2D eigenvalue weighted by Gasteiger charge is -2.09. The third kappa shape index (κ3) is 3.45. The summed E-state index contributed by atoms with van der Waals surface area (Å²) in [5.41, 5.74) is 5.26. The standard InChI is InChI=1S/C28H18ClN3O/c1-17-12-13-20-23(16-17)33-25-22(29)15-14-21(24(20)25)28-31-26(18-8-4-2-5-9-18)30-27(32-28)19-10-6-3-7-11-19/h2-16H,1H3. The first-order chi connectivity index (χ1) is 16.2. The average molecular weight is 448 g/mol. The quantitative estimate of drug-likeness (QED) is 0.278. The van der Waals surface area contributed by atoms with Gasteiger partial charge in [-0.1, -0.05) is 84.4 Å². The maximum Gasteiger partial charge on any atom is 0.164 e. The number of furan rings is 1. The first-order valence-electron chi connectivity index (χ1n) is 10.7. The summed E-state index contributed by atoms with van der Waals surface area (Å²) in [7, 11) is 0. The smallest absolute Gasteiger partial charge is 0.164 e. The summed E-state index contributed by atoms with van der Waals surface area (Å²) >= 11 is 6.54. The molecule has 2 heterocycles. The molecular weight excluding hydrogens is 430 g/mol. The highest BCUT2D eigenvalue weighted by molar-refractivity contribution is 6.36. The van der Waals surface area contributed by atoms with E-state index in [1.165, 1.54) is 0 Å². The van der Waals surface area contributed by atoms with E-state index in [0.717, 1.165) is 38.6 Å². The Balaban J connectivity index is 1.67. The van der Waals surface area contributed by atoms with Gasteiger partial charge < -0.3 is 4.42 Å². The molecular formula is C28H18ClN3O. The van der Waals surface area contributed by atoms with Crippen LogP contribution in [0.2, 0.25) is 5.02 Å². The molecule has 0 bridgehead atoms. The zero-order valence-corrected chi connectivity index (χ0v) is 18.5. The number of halogens is 1. The topological polar surface area (TPSA) is 51.8 Å². The molecule has 0 radical (unpaired) electrons. The van der Waals surface area contributed by atoms with Gasteiger partial charge >= 0.3 is 0 Å². The number of rotatable bonds is 3. The average Bonchev–Trinajstić information content (AvgIpc) is 3.24. The summed E-state index contributed by atoms with van der Waals surface area (Å²) in [5.74, 6) is 1.81. The van der Waals surface area contributed by atoms with Crippen LogP contribution in [0, 0.1) is 6.92 Å². The first kappa shape index (κ1) is 19.6. The van der Waals surface area contributed by atoms with Crippen LogP contribution in [0.5, 0.6) is 0 Å². The zero-order valence-electron chi connectivity index (χ0n) is 17.8. The Morgan fingerprint density at radius 3 is 1.91 bits per heavy atom. The van der Waals surface area contributed by atoms with Crippen molar-refractivity contribution >= 4 is 33.5 Å². The van der Waals surface area contributed by atoms with Gasteiger partial charge in [-0.3, -0.25) is 0 Å². The van der Waals surface area contributed by atoms with Crippen molar-refractivity contribution in [3.8, 4) is 34.2 Å². The molecule has 0 atom stereocenters. The molecule has 0 aliphatic carbocycles. The Labute approximate surface area is 195 Å². The Morgan fingerprint density at radius 1 is 0.667 bits per heavy atom.